The number of halogens is 2. The maximum atomic E-state index is 15.0. The molecule has 7 aromatic rings. The molecule has 1 unspecified atom stereocenters. The van der Waals surface area contributed by atoms with Gasteiger partial charge in [-0.2, -0.15) is 0 Å². The minimum atomic E-state index is -1.02. The number of alkyl carbamates (subject to hydrolysis) is 1. The number of aromatic nitrogens is 1. The largest absolute Gasteiger partial charge is 0.487 e. The number of alkyl halides is 2. The van der Waals surface area contributed by atoms with Crippen LogP contribution in [0.4, 0.5) is 21.9 Å². The van der Waals surface area contributed by atoms with Crippen molar-refractivity contribution in [2.24, 2.45) is 16.7 Å². The van der Waals surface area contributed by atoms with Gasteiger partial charge in [-0.25, -0.2) is 4.79 Å². The number of rotatable bonds is 15. The molecule has 394 valence electrons. The fourth-order valence-corrected chi connectivity index (χ4v) is 13.8. The predicted octanol–water partition coefficient (Wildman–Crippen LogP) is 11.4. The Morgan fingerprint density at radius 1 is 0.701 bits per heavy atom. The van der Waals surface area contributed by atoms with Crippen molar-refractivity contribution < 1.29 is 33.4 Å². The molecule has 0 spiro atoms. The summed E-state index contributed by atoms with van der Waals surface area (Å²) in [6.07, 6.45) is 2.52. The lowest BCUT2D eigenvalue weighted by Crippen LogP contribution is -2.73. The first-order chi connectivity index (χ1) is 37.2. The van der Waals surface area contributed by atoms with Crippen LogP contribution in [0.3, 0.4) is 0 Å². The van der Waals surface area contributed by atoms with Crippen molar-refractivity contribution in [1.82, 2.24) is 15.6 Å². The number of anilines is 3. The molecule has 6 aliphatic rings. The van der Waals surface area contributed by atoms with E-state index in [-0.39, 0.29) is 48.0 Å². The van der Waals surface area contributed by atoms with Crippen molar-refractivity contribution >= 4 is 91.7 Å². The number of aromatic amines is 1. The maximum absolute atomic E-state index is 15.0. The van der Waals surface area contributed by atoms with Crippen LogP contribution < -0.4 is 30.5 Å². The Morgan fingerprint density at radius 2 is 1.27 bits per heavy atom. The first-order valence-corrected chi connectivity index (χ1v) is 27.7. The number of benzene rings is 6. The van der Waals surface area contributed by atoms with Gasteiger partial charge in [0.25, 0.3) is 0 Å². The third-order valence-electron chi connectivity index (χ3n) is 17.0. The Bertz CT molecular complexity index is 3500. The molecule has 3 heterocycles. The van der Waals surface area contributed by atoms with E-state index in [4.69, 9.17) is 32.7 Å². The highest BCUT2D eigenvalue weighted by molar-refractivity contribution is 6.20. The number of ether oxygens (including phenoxy) is 2. The average molecular weight is 1070 g/mol. The zero-order chi connectivity index (χ0) is 53.5. The molecule has 13 rings (SSSR count). The first kappa shape index (κ1) is 50.5. The van der Waals surface area contributed by atoms with Gasteiger partial charge in [-0.3, -0.25) is 19.2 Å². The topological polar surface area (TPSA) is 162 Å². The number of fused-ring (bicyclic) bond motifs is 9. The van der Waals surface area contributed by atoms with Crippen LogP contribution >= 0.6 is 23.2 Å². The molecule has 2 bridgehead atoms. The Balaban J connectivity index is 0.732. The summed E-state index contributed by atoms with van der Waals surface area (Å²) in [7, 11) is 0. The van der Waals surface area contributed by atoms with Crippen LogP contribution in [0.25, 0.3) is 32.8 Å². The quantitative estimate of drug-likeness (QED) is 0.0743. The van der Waals surface area contributed by atoms with E-state index in [1.165, 1.54) is 0 Å². The van der Waals surface area contributed by atoms with Gasteiger partial charge < -0.3 is 40.2 Å². The smallest absolute Gasteiger partial charge is 0.407 e. The van der Waals surface area contributed by atoms with Gasteiger partial charge in [-0.15, -0.1) is 23.2 Å². The standard InChI is InChI=1S/C62H60Cl2N6O7/c1-34(2)54(68-60(75)77-30-46-42-18-10-8-16-40(42)41-17-9-11-19-43(41)46)57(72)66-36(4)56(71)67-47-22-48-52(45-21-13-12-20-44(45)47)38(24-63)27-69(48)58(73)61-31-62(32-61,33-61)59(74)70-28-39(25-64)53-49(70)23-50(55-51(53)35(3)26-65-55)76-29-37-14-6-5-7-15-37/h5-23,26,34,36,38-39,46,54,65H,24-25,27-33H2,1-4H3,(H,66,72)(H,67,71)(H,68,75)/t36-,38+,39+,54?,61?,62?/m0/s1. The second kappa shape index (κ2) is 19.6. The Hall–Kier alpha value is -7.35. The highest BCUT2D eigenvalue weighted by Gasteiger charge is 2.76. The van der Waals surface area contributed by atoms with Crippen LogP contribution in [-0.2, 0) is 30.5 Å². The van der Waals surface area contributed by atoms with Crippen LogP contribution in [0.15, 0.2) is 121 Å². The van der Waals surface area contributed by atoms with Crippen LogP contribution in [-0.4, -0.2) is 78.2 Å². The first-order valence-electron chi connectivity index (χ1n) is 26.6. The zero-order valence-corrected chi connectivity index (χ0v) is 44.9. The van der Waals surface area contributed by atoms with Crippen molar-refractivity contribution in [2.45, 2.75) is 83.4 Å². The summed E-state index contributed by atoms with van der Waals surface area (Å²) in [5.74, 6) is -0.531. The van der Waals surface area contributed by atoms with E-state index in [2.05, 4.69) is 40.0 Å². The molecule has 4 aliphatic carbocycles. The van der Waals surface area contributed by atoms with Crippen molar-refractivity contribution in [3.8, 4) is 16.9 Å². The minimum absolute atomic E-state index is 0.00739. The summed E-state index contributed by atoms with van der Waals surface area (Å²) in [6.45, 7) is 8.52. The van der Waals surface area contributed by atoms with E-state index in [0.29, 0.717) is 62.0 Å². The number of H-pyrrole nitrogens is 1. The molecule has 3 saturated carbocycles. The molecule has 5 amide bonds. The number of hydrogen-bond acceptors (Lipinski definition) is 7. The summed E-state index contributed by atoms with van der Waals surface area (Å²) in [5, 5.41) is 11.3. The fourth-order valence-electron chi connectivity index (χ4n) is 13.3. The van der Waals surface area contributed by atoms with Crippen molar-refractivity contribution in [2.75, 3.05) is 46.6 Å². The summed E-state index contributed by atoms with van der Waals surface area (Å²) in [5.41, 5.74) is 9.84. The van der Waals surface area contributed by atoms with E-state index < -0.39 is 40.8 Å². The van der Waals surface area contributed by atoms with E-state index in [1.807, 2.05) is 133 Å². The van der Waals surface area contributed by atoms with Crippen LogP contribution in [0.1, 0.15) is 91.2 Å². The normalized spacial score (nSPS) is 21.3. The van der Waals surface area contributed by atoms with Gasteiger partial charge in [0.15, 0.2) is 0 Å². The summed E-state index contributed by atoms with van der Waals surface area (Å²) in [6, 6.07) is 35.6. The molecule has 0 saturated heterocycles. The predicted molar refractivity (Wildman–Crippen MR) is 301 cm³/mol. The molecular weight excluding hydrogens is 1010 g/mol. The maximum Gasteiger partial charge on any atom is 0.407 e. The van der Waals surface area contributed by atoms with Gasteiger partial charge >= 0.3 is 6.09 Å². The summed E-state index contributed by atoms with van der Waals surface area (Å²) < 4.78 is 12.2. The number of nitrogens with one attached hydrogen (secondary N) is 4. The number of amides is 5. The number of carbonyl (C=O) groups is 5. The molecule has 4 N–H and O–H groups in total. The lowest BCUT2D eigenvalue weighted by molar-refractivity contribution is -0.205. The Morgan fingerprint density at radius 3 is 1.90 bits per heavy atom. The number of hydrogen-bond donors (Lipinski definition) is 4. The van der Waals surface area contributed by atoms with Crippen molar-refractivity contribution in [1.29, 1.82) is 0 Å². The number of aryl methyl sites for hydroxylation is 1. The SMILES string of the molecule is Cc1c[nH]c2c(OCc3ccccc3)cc3c(c12)[C@H](CCl)CN3C(=O)C12CC(C(=O)N3C[C@@H](CCl)c4c3cc(NC(=O)[C@H](C)NC(=O)C(NC(=O)OCC3c5ccccc5-c5ccccc53)C(C)C)c3ccccc43)(C1)C2. The van der Waals surface area contributed by atoms with E-state index in [9.17, 15) is 19.2 Å². The molecule has 13 nitrogen and oxygen atoms in total. The molecule has 15 heteroatoms. The van der Waals surface area contributed by atoms with Gasteiger partial charge in [0.1, 0.15) is 31.0 Å². The van der Waals surface area contributed by atoms with Crippen molar-refractivity contribution in [3.05, 3.63) is 155 Å². The lowest BCUT2D eigenvalue weighted by atomic mass is 9.34. The monoisotopic (exact) mass is 1070 g/mol. The second-order valence-electron chi connectivity index (χ2n) is 22.2. The second-order valence-corrected chi connectivity index (χ2v) is 22.9. The summed E-state index contributed by atoms with van der Waals surface area (Å²) >= 11 is 13.4. The molecule has 6 aromatic carbocycles. The molecule has 0 radical (unpaired) electrons. The highest BCUT2D eigenvalue weighted by atomic mass is 35.5. The average Bonchev–Trinajstić information content (AvgIpc) is 3.89. The van der Waals surface area contributed by atoms with Gasteiger partial charge in [0.05, 0.1) is 27.7 Å². The Kier molecular flexibility index (Phi) is 12.8. The third-order valence-corrected chi connectivity index (χ3v) is 17.8. The van der Waals surface area contributed by atoms with Gasteiger partial charge in [-0.05, 0) is 95.0 Å². The minimum Gasteiger partial charge on any atom is -0.487 e. The molecule has 3 fully saturated rings. The van der Waals surface area contributed by atoms with Crippen LogP contribution in [0.2, 0.25) is 0 Å². The fraction of sp³-hybridized carbons (Fsp3) is 0.339. The van der Waals surface area contributed by atoms with E-state index in [1.54, 1.807) is 6.92 Å². The molecular formula is C62H60Cl2N6O7. The number of nitrogens with zero attached hydrogens (tertiary/aromatic N) is 2. The van der Waals surface area contributed by atoms with E-state index in [0.717, 1.165) is 71.9 Å². The van der Waals surface area contributed by atoms with Crippen molar-refractivity contribution in [3.63, 3.8) is 0 Å². The summed E-state index contributed by atoms with van der Waals surface area (Å²) in [4.78, 5) is 78.4. The van der Waals surface area contributed by atoms with Gasteiger partial charge in [-0.1, -0.05) is 117 Å². The zero-order valence-electron chi connectivity index (χ0n) is 43.4. The van der Waals surface area contributed by atoms with Gasteiger partial charge in [0.2, 0.25) is 23.6 Å². The molecule has 2 aliphatic heterocycles. The van der Waals surface area contributed by atoms with Gasteiger partial charge in [0, 0.05) is 71.3 Å². The molecule has 4 atom stereocenters. The van der Waals surface area contributed by atoms with E-state index >= 15 is 4.79 Å². The Labute approximate surface area is 457 Å². The molecule has 1 aromatic heterocycles. The number of carbonyl (C=O) groups excluding carboxylic acids is 5. The van der Waals surface area contributed by atoms with Crippen LogP contribution in [0, 0.1) is 23.7 Å². The molecule has 77 heavy (non-hydrogen) atoms. The highest BCUT2D eigenvalue weighted by Crippen LogP contribution is 2.75. The third kappa shape index (κ3) is 8.39. The lowest BCUT2D eigenvalue weighted by Gasteiger charge is -2.69. The van der Waals surface area contributed by atoms with Crippen LogP contribution in [0.5, 0.6) is 5.75 Å².